The van der Waals surface area contributed by atoms with Crippen LogP contribution in [0.2, 0.25) is 0 Å². The number of carbonyl (C=O) groups excluding carboxylic acids is 1. The number of aromatic nitrogens is 1. The number of nitrogens with one attached hydrogen (secondary N) is 1. The molecule has 14 heavy (non-hydrogen) atoms. The van der Waals surface area contributed by atoms with Crippen molar-refractivity contribution >= 4 is 5.78 Å². The molecule has 1 aromatic rings. The Morgan fingerprint density at radius 3 is 2.93 bits per heavy atom. The number of H-pyrrole nitrogens is 1. The summed E-state index contributed by atoms with van der Waals surface area (Å²) in [5.74, 6) is 0.150. The number of carbonyl (C=O) groups is 1. The molecule has 1 aromatic heterocycles. The Morgan fingerprint density at radius 1 is 1.50 bits per heavy atom. The van der Waals surface area contributed by atoms with Gasteiger partial charge in [0, 0.05) is 19.3 Å². The Balaban J connectivity index is 1.87. The molecule has 0 aliphatic carbocycles. The molecule has 1 N–H and O–H groups in total. The smallest absolute Gasteiger partial charge is 0.192 e. The molecule has 1 aliphatic heterocycles. The van der Waals surface area contributed by atoms with Gasteiger partial charge in [0.2, 0.25) is 0 Å². The highest BCUT2D eigenvalue weighted by atomic mass is 16.5. The second-order valence-electron chi connectivity index (χ2n) is 3.40. The van der Waals surface area contributed by atoms with Crippen LogP contribution in [0.4, 0.5) is 0 Å². The van der Waals surface area contributed by atoms with Gasteiger partial charge in [-0.3, -0.25) is 9.69 Å². The van der Waals surface area contributed by atoms with Crippen LogP contribution in [0.5, 0.6) is 0 Å². The van der Waals surface area contributed by atoms with E-state index < -0.39 is 0 Å². The summed E-state index contributed by atoms with van der Waals surface area (Å²) in [6.45, 7) is 3.67. The Bertz CT molecular complexity index is 289. The quantitative estimate of drug-likeness (QED) is 0.714. The lowest BCUT2D eigenvalue weighted by atomic mass is 10.2. The first-order valence-electron chi connectivity index (χ1n) is 4.83. The average molecular weight is 194 g/mol. The van der Waals surface area contributed by atoms with Crippen molar-refractivity contribution in [3.8, 4) is 0 Å². The number of morpholine rings is 1. The number of Topliss-reactive ketones (excluding diaryl/α,β-unsaturated/α-hetero) is 1. The van der Waals surface area contributed by atoms with Crippen LogP contribution in [0, 0.1) is 0 Å². The fourth-order valence-corrected chi connectivity index (χ4v) is 1.55. The van der Waals surface area contributed by atoms with Crippen molar-refractivity contribution in [2.75, 3.05) is 32.8 Å². The summed E-state index contributed by atoms with van der Waals surface area (Å²) in [6.07, 6.45) is 1.77. The van der Waals surface area contributed by atoms with Crippen LogP contribution < -0.4 is 0 Å². The van der Waals surface area contributed by atoms with E-state index in [0.717, 1.165) is 26.3 Å². The van der Waals surface area contributed by atoms with Crippen LogP contribution in [0.25, 0.3) is 0 Å². The molecule has 0 radical (unpaired) electrons. The summed E-state index contributed by atoms with van der Waals surface area (Å²) < 4.78 is 5.21. The van der Waals surface area contributed by atoms with Crippen molar-refractivity contribution in [2.24, 2.45) is 0 Å². The first-order chi connectivity index (χ1) is 6.86. The molecule has 2 heterocycles. The minimum absolute atomic E-state index is 0.150. The van der Waals surface area contributed by atoms with E-state index in [-0.39, 0.29) is 5.78 Å². The van der Waals surface area contributed by atoms with Crippen molar-refractivity contribution in [2.45, 2.75) is 0 Å². The summed E-state index contributed by atoms with van der Waals surface area (Å²) in [5.41, 5.74) is 0.691. The van der Waals surface area contributed by atoms with Crippen molar-refractivity contribution in [1.82, 2.24) is 9.88 Å². The molecular formula is C10H14N2O2. The van der Waals surface area contributed by atoms with E-state index >= 15 is 0 Å². The predicted octanol–water partition coefficient (Wildman–Crippen LogP) is 0.530. The van der Waals surface area contributed by atoms with E-state index in [2.05, 4.69) is 9.88 Å². The third kappa shape index (κ3) is 2.21. The first-order valence-corrected chi connectivity index (χ1v) is 4.83. The molecular weight excluding hydrogens is 180 g/mol. The number of hydrogen-bond donors (Lipinski definition) is 1. The molecule has 0 unspecified atom stereocenters. The second-order valence-corrected chi connectivity index (χ2v) is 3.40. The Morgan fingerprint density at radius 2 is 2.29 bits per heavy atom. The van der Waals surface area contributed by atoms with E-state index in [0.29, 0.717) is 12.2 Å². The number of rotatable bonds is 3. The molecule has 2 rings (SSSR count). The molecule has 1 saturated heterocycles. The standard InChI is InChI=1S/C10H14N2O2/c13-10(9-2-1-3-11-9)8-12-4-6-14-7-5-12/h1-3,11H,4-8H2. The lowest BCUT2D eigenvalue weighted by Crippen LogP contribution is -2.39. The highest BCUT2D eigenvalue weighted by Gasteiger charge is 2.15. The largest absolute Gasteiger partial charge is 0.379 e. The van der Waals surface area contributed by atoms with Crippen LogP contribution in [-0.4, -0.2) is 48.5 Å². The van der Waals surface area contributed by atoms with Crippen LogP contribution >= 0.6 is 0 Å². The zero-order valence-electron chi connectivity index (χ0n) is 8.03. The summed E-state index contributed by atoms with van der Waals surface area (Å²) in [4.78, 5) is 16.7. The maximum atomic E-state index is 11.7. The van der Waals surface area contributed by atoms with Crippen molar-refractivity contribution in [1.29, 1.82) is 0 Å². The molecule has 0 spiro atoms. The van der Waals surface area contributed by atoms with Crippen LogP contribution in [0.3, 0.4) is 0 Å². The normalized spacial score (nSPS) is 18.3. The monoisotopic (exact) mass is 194 g/mol. The zero-order chi connectivity index (χ0) is 9.80. The second kappa shape index (κ2) is 4.39. The number of nitrogens with zero attached hydrogens (tertiary/aromatic N) is 1. The molecule has 0 bridgehead atoms. The minimum atomic E-state index is 0.150. The molecule has 0 atom stereocenters. The minimum Gasteiger partial charge on any atom is -0.379 e. The molecule has 4 nitrogen and oxygen atoms in total. The maximum absolute atomic E-state index is 11.7. The Labute approximate surface area is 82.9 Å². The van der Waals surface area contributed by atoms with E-state index in [9.17, 15) is 4.79 Å². The predicted molar refractivity (Wildman–Crippen MR) is 52.4 cm³/mol. The molecule has 0 aromatic carbocycles. The first kappa shape index (κ1) is 9.43. The molecule has 0 amide bonds. The molecule has 1 aliphatic rings. The third-order valence-corrected chi connectivity index (χ3v) is 2.37. The lowest BCUT2D eigenvalue weighted by Gasteiger charge is -2.25. The van der Waals surface area contributed by atoms with Gasteiger partial charge in [0.1, 0.15) is 0 Å². The number of ether oxygens (including phenoxy) is 1. The number of ketones is 1. The van der Waals surface area contributed by atoms with Crippen LogP contribution in [0.1, 0.15) is 10.5 Å². The number of aromatic amines is 1. The van der Waals surface area contributed by atoms with Gasteiger partial charge in [-0.2, -0.15) is 0 Å². The molecule has 76 valence electrons. The van der Waals surface area contributed by atoms with Crippen molar-refractivity contribution < 1.29 is 9.53 Å². The highest BCUT2D eigenvalue weighted by molar-refractivity contribution is 5.95. The van der Waals surface area contributed by atoms with Gasteiger partial charge in [-0.25, -0.2) is 0 Å². The fraction of sp³-hybridized carbons (Fsp3) is 0.500. The van der Waals surface area contributed by atoms with E-state index in [4.69, 9.17) is 4.74 Å². The topological polar surface area (TPSA) is 45.3 Å². The summed E-state index contributed by atoms with van der Waals surface area (Å²) in [6, 6.07) is 3.65. The summed E-state index contributed by atoms with van der Waals surface area (Å²) >= 11 is 0. The van der Waals surface area contributed by atoms with Crippen molar-refractivity contribution in [3.63, 3.8) is 0 Å². The SMILES string of the molecule is O=C(CN1CCOCC1)c1ccc[nH]1. The van der Waals surface area contributed by atoms with Gasteiger partial charge in [-0.1, -0.05) is 0 Å². The van der Waals surface area contributed by atoms with E-state index in [1.165, 1.54) is 0 Å². The van der Waals surface area contributed by atoms with Crippen LogP contribution in [-0.2, 0) is 4.74 Å². The van der Waals surface area contributed by atoms with Crippen molar-refractivity contribution in [3.05, 3.63) is 24.0 Å². The van der Waals surface area contributed by atoms with Gasteiger partial charge in [-0.15, -0.1) is 0 Å². The van der Waals surface area contributed by atoms with Gasteiger partial charge in [0.25, 0.3) is 0 Å². The molecule has 4 heteroatoms. The Hall–Kier alpha value is -1.13. The maximum Gasteiger partial charge on any atom is 0.192 e. The summed E-state index contributed by atoms with van der Waals surface area (Å²) in [5, 5.41) is 0. The fourth-order valence-electron chi connectivity index (χ4n) is 1.55. The lowest BCUT2D eigenvalue weighted by molar-refractivity contribution is 0.0370. The van der Waals surface area contributed by atoms with E-state index in [1.807, 2.05) is 12.1 Å². The average Bonchev–Trinajstić information content (AvgIpc) is 2.72. The molecule has 1 fully saturated rings. The van der Waals surface area contributed by atoms with E-state index in [1.54, 1.807) is 6.20 Å². The Kier molecular flexibility index (Phi) is 2.96. The number of hydrogen-bond acceptors (Lipinski definition) is 3. The zero-order valence-corrected chi connectivity index (χ0v) is 8.03. The van der Waals surface area contributed by atoms with Crippen LogP contribution in [0.15, 0.2) is 18.3 Å². The van der Waals surface area contributed by atoms with Gasteiger partial charge >= 0.3 is 0 Å². The summed E-state index contributed by atoms with van der Waals surface area (Å²) in [7, 11) is 0. The third-order valence-electron chi connectivity index (χ3n) is 2.37. The van der Waals surface area contributed by atoms with Gasteiger partial charge in [0.15, 0.2) is 5.78 Å². The molecule has 0 saturated carbocycles. The highest BCUT2D eigenvalue weighted by Crippen LogP contribution is 2.01. The van der Waals surface area contributed by atoms with Gasteiger partial charge in [-0.05, 0) is 12.1 Å². The van der Waals surface area contributed by atoms with Gasteiger partial charge in [0.05, 0.1) is 25.5 Å². The van der Waals surface area contributed by atoms with Gasteiger partial charge < -0.3 is 9.72 Å².